The summed E-state index contributed by atoms with van der Waals surface area (Å²) in [6.07, 6.45) is 0. The SMILES string of the molecule is CCOC(=O)C1=C(C(=O)OCC)N=N[N]1. The van der Waals surface area contributed by atoms with Gasteiger partial charge < -0.3 is 9.47 Å². The van der Waals surface area contributed by atoms with Gasteiger partial charge in [0.2, 0.25) is 11.4 Å². The van der Waals surface area contributed by atoms with Crippen LogP contribution in [0.5, 0.6) is 0 Å². The molecule has 0 saturated heterocycles. The number of rotatable bonds is 4. The van der Waals surface area contributed by atoms with Gasteiger partial charge in [-0.3, -0.25) is 0 Å². The Bertz CT molecular complexity index is 335. The molecule has 0 bridgehead atoms. The molecule has 0 amide bonds. The summed E-state index contributed by atoms with van der Waals surface area (Å²) in [5, 5.41) is 6.63. The maximum absolute atomic E-state index is 11.3. The normalized spacial score (nSPS) is 13.7. The summed E-state index contributed by atoms with van der Waals surface area (Å²) in [5.74, 6) is -1.46. The van der Waals surface area contributed by atoms with Crippen LogP contribution in [0.15, 0.2) is 21.7 Å². The first kappa shape index (κ1) is 11.2. The van der Waals surface area contributed by atoms with Crippen LogP contribution in [0.2, 0.25) is 0 Å². The predicted octanol–water partition coefficient (Wildman–Crippen LogP) is 0.309. The van der Waals surface area contributed by atoms with Gasteiger partial charge in [0, 0.05) is 0 Å². The Hall–Kier alpha value is -1.92. The van der Waals surface area contributed by atoms with E-state index < -0.39 is 11.9 Å². The summed E-state index contributed by atoms with van der Waals surface area (Å²) in [5.41, 5.74) is 2.98. The van der Waals surface area contributed by atoms with Crippen molar-refractivity contribution in [2.45, 2.75) is 13.8 Å². The van der Waals surface area contributed by atoms with Crippen LogP contribution in [0.3, 0.4) is 0 Å². The van der Waals surface area contributed by atoms with Gasteiger partial charge in [0.15, 0.2) is 0 Å². The number of hydrogen-bond donors (Lipinski definition) is 0. The molecule has 81 valence electrons. The molecule has 1 aliphatic heterocycles. The van der Waals surface area contributed by atoms with Crippen LogP contribution in [0.4, 0.5) is 0 Å². The van der Waals surface area contributed by atoms with Crippen LogP contribution < -0.4 is 5.43 Å². The van der Waals surface area contributed by atoms with Crippen molar-refractivity contribution in [2.75, 3.05) is 13.2 Å². The average Bonchev–Trinajstić information content (AvgIpc) is 2.66. The van der Waals surface area contributed by atoms with Gasteiger partial charge in [-0.1, -0.05) is 0 Å². The molecule has 1 aliphatic rings. The van der Waals surface area contributed by atoms with Crippen LogP contribution in [0.1, 0.15) is 13.8 Å². The third-order valence-electron chi connectivity index (χ3n) is 1.45. The lowest BCUT2D eigenvalue weighted by Gasteiger charge is -2.02. The molecule has 0 aromatic rings. The van der Waals surface area contributed by atoms with E-state index in [-0.39, 0.29) is 24.6 Å². The molecule has 0 unspecified atom stereocenters. The van der Waals surface area contributed by atoms with E-state index in [0.717, 1.165) is 0 Å². The third kappa shape index (κ3) is 2.52. The fraction of sp³-hybridized carbons (Fsp3) is 0.500. The number of esters is 2. The minimum atomic E-state index is -0.731. The smallest absolute Gasteiger partial charge is 0.361 e. The van der Waals surface area contributed by atoms with Crippen molar-refractivity contribution < 1.29 is 19.1 Å². The molecule has 0 aromatic heterocycles. The number of carbonyl (C=O) groups excluding carboxylic acids is 2. The van der Waals surface area contributed by atoms with Crippen LogP contribution in [-0.4, -0.2) is 25.2 Å². The van der Waals surface area contributed by atoms with Crippen molar-refractivity contribution in [3.63, 3.8) is 0 Å². The molecular formula is C8H10N3O4. The van der Waals surface area contributed by atoms with Gasteiger partial charge in [-0.15, -0.1) is 10.5 Å². The maximum atomic E-state index is 11.3. The van der Waals surface area contributed by atoms with E-state index in [1.807, 2.05) is 0 Å². The van der Waals surface area contributed by atoms with E-state index in [4.69, 9.17) is 0 Å². The van der Waals surface area contributed by atoms with E-state index in [1.54, 1.807) is 13.8 Å². The molecule has 1 heterocycles. The molecule has 0 N–H and O–H groups in total. The van der Waals surface area contributed by atoms with Crippen LogP contribution >= 0.6 is 0 Å². The quantitative estimate of drug-likeness (QED) is 0.627. The number of carbonyl (C=O) groups is 2. The van der Waals surface area contributed by atoms with Crippen molar-refractivity contribution in [3.05, 3.63) is 11.4 Å². The molecule has 1 rings (SSSR count). The van der Waals surface area contributed by atoms with E-state index >= 15 is 0 Å². The molecule has 0 fully saturated rings. The lowest BCUT2D eigenvalue weighted by Crippen LogP contribution is -2.17. The van der Waals surface area contributed by atoms with Gasteiger partial charge in [-0.05, 0) is 19.1 Å². The second-order valence-electron chi connectivity index (χ2n) is 2.43. The summed E-state index contributed by atoms with van der Waals surface area (Å²) in [4.78, 5) is 22.5. The first-order chi connectivity index (χ1) is 7.20. The lowest BCUT2D eigenvalue weighted by molar-refractivity contribution is -0.142. The zero-order valence-corrected chi connectivity index (χ0v) is 8.39. The highest BCUT2D eigenvalue weighted by Crippen LogP contribution is 2.15. The lowest BCUT2D eigenvalue weighted by atomic mass is 10.3. The highest BCUT2D eigenvalue weighted by Gasteiger charge is 2.28. The topological polar surface area (TPSA) is 91.4 Å². The Morgan fingerprint density at radius 3 is 2.13 bits per heavy atom. The molecule has 0 aromatic carbocycles. The largest absolute Gasteiger partial charge is 0.461 e. The van der Waals surface area contributed by atoms with Crippen LogP contribution in [0.25, 0.3) is 0 Å². The molecule has 0 saturated carbocycles. The minimum absolute atomic E-state index is 0.188. The van der Waals surface area contributed by atoms with Crippen LogP contribution in [-0.2, 0) is 19.1 Å². The van der Waals surface area contributed by atoms with Gasteiger partial charge in [-0.25, -0.2) is 9.59 Å². The van der Waals surface area contributed by atoms with Crippen molar-refractivity contribution in [1.82, 2.24) is 5.43 Å². The fourth-order valence-corrected chi connectivity index (χ4v) is 0.880. The summed E-state index contributed by atoms with van der Waals surface area (Å²) < 4.78 is 9.33. The molecule has 15 heavy (non-hydrogen) atoms. The standard InChI is InChI=1S/C8H10N3O4/c1-3-14-7(12)5-6(10-11-9-5)8(13)15-4-2/h3-4H2,1-2H3. The van der Waals surface area contributed by atoms with Crippen molar-refractivity contribution in [3.8, 4) is 0 Å². The molecule has 7 nitrogen and oxygen atoms in total. The Balaban J connectivity index is 2.81. The second kappa shape index (κ2) is 5.08. The molecule has 0 spiro atoms. The van der Waals surface area contributed by atoms with E-state index in [0.29, 0.717) is 0 Å². The summed E-state index contributed by atoms with van der Waals surface area (Å²) in [6.45, 7) is 3.67. The van der Waals surface area contributed by atoms with Gasteiger partial charge in [-0.2, -0.15) is 0 Å². The van der Waals surface area contributed by atoms with Gasteiger partial charge in [0.05, 0.1) is 13.2 Å². The van der Waals surface area contributed by atoms with Crippen molar-refractivity contribution >= 4 is 11.9 Å². The molecule has 0 atom stereocenters. The third-order valence-corrected chi connectivity index (χ3v) is 1.45. The summed E-state index contributed by atoms with van der Waals surface area (Å²) >= 11 is 0. The van der Waals surface area contributed by atoms with E-state index in [9.17, 15) is 9.59 Å². The number of hydrogen-bond acceptors (Lipinski definition) is 6. The van der Waals surface area contributed by atoms with Crippen LogP contribution in [0, 0.1) is 0 Å². The van der Waals surface area contributed by atoms with Gasteiger partial charge >= 0.3 is 11.9 Å². The zero-order chi connectivity index (χ0) is 11.3. The summed E-state index contributed by atoms with van der Waals surface area (Å²) in [6, 6.07) is 0. The highest BCUT2D eigenvalue weighted by atomic mass is 16.5. The predicted molar refractivity (Wildman–Crippen MR) is 47.3 cm³/mol. The monoisotopic (exact) mass is 212 g/mol. The second-order valence-corrected chi connectivity index (χ2v) is 2.43. The van der Waals surface area contributed by atoms with E-state index in [2.05, 4.69) is 25.2 Å². The number of ether oxygens (including phenoxy) is 2. The Morgan fingerprint density at radius 1 is 1.07 bits per heavy atom. The Kier molecular flexibility index (Phi) is 3.78. The highest BCUT2D eigenvalue weighted by molar-refractivity contribution is 6.00. The van der Waals surface area contributed by atoms with Gasteiger partial charge in [0.25, 0.3) is 0 Å². The van der Waals surface area contributed by atoms with Crippen molar-refractivity contribution in [2.24, 2.45) is 10.3 Å². The van der Waals surface area contributed by atoms with Gasteiger partial charge in [0.1, 0.15) is 0 Å². The first-order valence-corrected chi connectivity index (χ1v) is 4.41. The Labute approximate surface area is 86.1 Å². The van der Waals surface area contributed by atoms with E-state index in [1.165, 1.54) is 0 Å². The molecule has 7 heteroatoms. The Morgan fingerprint density at radius 2 is 1.60 bits per heavy atom. The first-order valence-electron chi connectivity index (χ1n) is 4.41. The fourth-order valence-electron chi connectivity index (χ4n) is 0.880. The maximum Gasteiger partial charge on any atom is 0.361 e. The average molecular weight is 212 g/mol. The van der Waals surface area contributed by atoms with Crippen molar-refractivity contribution in [1.29, 1.82) is 0 Å². The molecule has 1 radical (unpaired) electrons. The minimum Gasteiger partial charge on any atom is -0.461 e. The number of nitrogens with zero attached hydrogens (tertiary/aromatic N) is 3. The zero-order valence-electron chi connectivity index (χ0n) is 8.39. The summed E-state index contributed by atoms with van der Waals surface area (Å²) in [7, 11) is 0. The molecular weight excluding hydrogens is 202 g/mol. The molecule has 0 aliphatic carbocycles.